The van der Waals surface area contributed by atoms with Crippen LogP contribution >= 0.6 is 35.3 Å². The van der Waals surface area contributed by atoms with E-state index in [-0.39, 0.29) is 11.4 Å². The number of aliphatic carboxylic acids is 1. The van der Waals surface area contributed by atoms with Crippen LogP contribution in [-0.2, 0) is 26.2 Å². The number of thioether (sulfide) groups is 3. The van der Waals surface area contributed by atoms with E-state index in [4.69, 9.17) is 10.00 Å². The summed E-state index contributed by atoms with van der Waals surface area (Å²) in [5, 5.41) is 31.2. The minimum Gasteiger partial charge on any atom is -0.477 e. The summed E-state index contributed by atoms with van der Waals surface area (Å²) in [5.41, 5.74) is -1.34. The zero-order valence-electron chi connectivity index (χ0n) is 16.1. The average Bonchev–Trinajstić information content (AvgIpc) is 3.14. The number of carboxylic acids is 1. The molecule has 3 rings (SSSR count). The predicted molar refractivity (Wildman–Crippen MR) is 108 cm³/mol. The number of hydrogen-bond donors (Lipinski definition) is 2. The van der Waals surface area contributed by atoms with E-state index in [0.717, 1.165) is 16.7 Å². The molecule has 0 radical (unpaired) electrons. The van der Waals surface area contributed by atoms with Crippen molar-refractivity contribution in [3.8, 4) is 6.07 Å². The molecular weight excluding hydrogens is 454 g/mol. The molecule has 0 bridgehead atoms. The number of aromatic nitrogens is 4. The van der Waals surface area contributed by atoms with Crippen LogP contribution in [0.4, 0.5) is 0 Å². The lowest BCUT2D eigenvalue weighted by Crippen LogP contribution is -2.81. The summed E-state index contributed by atoms with van der Waals surface area (Å²) < 4.78 is 6.81. The largest absolute Gasteiger partial charge is 0.477 e. The molecule has 1 unspecified atom stereocenters. The molecule has 15 heteroatoms. The van der Waals surface area contributed by atoms with Gasteiger partial charge < -0.3 is 15.2 Å². The Bertz CT molecular complexity index is 961. The summed E-state index contributed by atoms with van der Waals surface area (Å²) >= 11 is 3.54. The topological polar surface area (TPSA) is 163 Å². The monoisotopic (exact) mass is 471 g/mol. The molecule has 2 aliphatic rings. The van der Waals surface area contributed by atoms with Crippen LogP contribution in [0, 0.1) is 11.3 Å². The molecule has 1 aromatic heterocycles. The lowest BCUT2D eigenvalue weighted by molar-refractivity contribution is -0.192. The third kappa shape index (κ3) is 3.64. The highest BCUT2D eigenvalue weighted by atomic mass is 32.2. The number of fused-ring (bicyclic) bond motifs is 1. The molecule has 0 aromatic carbocycles. The van der Waals surface area contributed by atoms with E-state index < -0.39 is 34.1 Å². The van der Waals surface area contributed by atoms with Gasteiger partial charge in [-0.05, 0) is 22.3 Å². The summed E-state index contributed by atoms with van der Waals surface area (Å²) in [7, 11) is 2.92. The molecule has 0 saturated carbocycles. The second kappa shape index (κ2) is 8.84. The van der Waals surface area contributed by atoms with Gasteiger partial charge in [-0.1, -0.05) is 11.8 Å². The summed E-state index contributed by atoms with van der Waals surface area (Å²) in [6.07, 6.45) is 1.60. The number of tetrazole rings is 1. The smallest absolute Gasteiger partial charge is 0.352 e. The first-order valence-electron chi connectivity index (χ1n) is 8.36. The van der Waals surface area contributed by atoms with E-state index in [1.165, 1.54) is 35.3 Å². The van der Waals surface area contributed by atoms with Crippen LogP contribution in [0.1, 0.15) is 0 Å². The Balaban J connectivity index is 1.85. The van der Waals surface area contributed by atoms with Gasteiger partial charge in [0.2, 0.25) is 11.1 Å². The van der Waals surface area contributed by atoms with Gasteiger partial charge in [0.25, 0.3) is 11.6 Å². The number of aryl methyl sites for hydroxylation is 1. The molecule has 1 fully saturated rings. The van der Waals surface area contributed by atoms with E-state index in [1.54, 1.807) is 13.3 Å². The maximum absolute atomic E-state index is 13.0. The second-order valence-electron chi connectivity index (χ2n) is 6.14. The van der Waals surface area contributed by atoms with Crippen LogP contribution in [0.15, 0.2) is 16.4 Å². The molecule has 0 aliphatic carbocycles. The number of nitriles is 1. The third-order valence-corrected chi connectivity index (χ3v) is 7.75. The first-order chi connectivity index (χ1) is 14.3. The van der Waals surface area contributed by atoms with Crippen molar-refractivity contribution in [2.45, 2.75) is 21.5 Å². The minimum absolute atomic E-state index is 0.144. The van der Waals surface area contributed by atoms with Gasteiger partial charge >= 0.3 is 5.97 Å². The Morgan fingerprint density at radius 3 is 2.83 bits per heavy atom. The molecule has 1 aromatic rings. The predicted octanol–water partition coefficient (Wildman–Crippen LogP) is -0.730. The van der Waals surface area contributed by atoms with Crippen molar-refractivity contribution >= 4 is 53.1 Å². The summed E-state index contributed by atoms with van der Waals surface area (Å²) in [6, 6.07) is 1.84. The summed E-state index contributed by atoms with van der Waals surface area (Å²) in [6.45, 7) is 0. The van der Waals surface area contributed by atoms with Gasteiger partial charge in [0, 0.05) is 25.7 Å². The number of amides is 2. The zero-order valence-corrected chi connectivity index (χ0v) is 18.5. The van der Waals surface area contributed by atoms with Crippen LogP contribution < -0.4 is 5.32 Å². The Kier molecular flexibility index (Phi) is 6.60. The lowest BCUT2D eigenvalue weighted by atomic mass is 9.98. The number of ether oxygens (including phenoxy) is 1. The zero-order chi connectivity index (χ0) is 22.1. The lowest BCUT2D eigenvalue weighted by Gasteiger charge is -2.55. The number of methoxy groups -OCH3 is 1. The molecule has 30 heavy (non-hydrogen) atoms. The number of β-lactam (4-membered cyclic amide) rings is 1. The molecule has 2 amide bonds. The van der Waals surface area contributed by atoms with Crippen LogP contribution in [0.3, 0.4) is 0 Å². The van der Waals surface area contributed by atoms with Crippen LogP contribution in [0.2, 0.25) is 0 Å². The second-order valence-corrected chi connectivity index (χ2v) is 9.10. The van der Waals surface area contributed by atoms with Crippen LogP contribution in [0.5, 0.6) is 0 Å². The van der Waals surface area contributed by atoms with E-state index in [2.05, 4.69) is 20.8 Å². The summed E-state index contributed by atoms with van der Waals surface area (Å²) in [4.78, 5) is 38.4. The Morgan fingerprint density at radius 1 is 1.57 bits per heavy atom. The van der Waals surface area contributed by atoms with E-state index in [0.29, 0.717) is 16.5 Å². The maximum Gasteiger partial charge on any atom is 0.352 e. The number of rotatable bonds is 8. The highest BCUT2D eigenvalue weighted by Gasteiger charge is 2.66. The number of nitrogens with one attached hydrogen (secondary N) is 1. The van der Waals surface area contributed by atoms with Gasteiger partial charge in [0.05, 0.1) is 6.07 Å². The summed E-state index contributed by atoms with van der Waals surface area (Å²) in [5.74, 6) is -2.05. The number of hydrogen-bond acceptors (Lipinski definition) is 11. The van der Waals surface area contributed by atoms with Crippen molar-refractivity contribution in [2.24, 2.45) is 7.05 Å². The van der Waals surface area contributed by atoms with Gasteiger partial charge in [-0.3, -0.25) is 14.5 Å². The molecule has 0 spiro atoms. The minimum atomic E-state index is -1.72. The number of nitrogens with zero attached hydrogens (tertiary/aromatic N) is 6. The first kappa shape index (κ1) is 22.4. The third-order valence-electron chi connectivity index (χ3n) is 4.49. The highest BCUT2D eigenvalue weighted by molar-refractivity contribution is 8.01. The van der Waals surface area contributed by atoms with Gasteiger partial charge in [-0.25, -0.2) is 9.48 Å². The molecule has 2 N–H and O–H groups in total. The van der Waals surface area contributed by atoms with Gasteiger partial charge in [0.15, 0.2) is 5.25 Å². The number of carbonyl (C=O) groups excluding carboxylic acids is 2. The first-order valence-corrected chi connectivity index (χ1v) is 11.7. The van der Waals surface area contributed by atoms with Gasteiger partial charge in [-0.15, -0.1) is 28.6 Å². The quantitative estimate of drug-likeness (QED) is 0.278. The van der Waals surface area contributed by atoms with E-state index >= 15 is 0 Å². The van der Waals surface area contributed by atoms with Crippen molar-refractivity contribution in [2.75, 3.05) is 24.9 Å². The SMILES string of the molecule is CO[C@@]1(NC(=O)C(C#N)SC)C(=O)N2C(C(=O)O)=C(CSc3nnnn3C)CS[C@H]21. The van der Waals surface area contributed by atoms with Crippen LogP contribution in [0.25, 0.3) is 0 Å². The van der Waals surface area contributed by atoms with Crippen molar-refractivity contribution in [3.05, 3.63) is 11.3 Å². The maximum atomic E-state index is 13.0. The van der Waals surface area contributed by atoms with Crippen LogP contribution in [-0.4, -0.2) is 89.2 Å². The van der Waals surface area contributed by atoms with Crippen molar-refractivity contribution in [1.82, 2.24) is 30.4 Å². The highest BCUT2D eigenvalue weighted by Crippen LogP contribution is 2.47. The van der Waals surface area contributed by atoms with Crippen molar-refractivity contribution in [1.29, 1.82) is 5.26 Å². The average molecular weight is 472 g/mol. The van der Waals surface area contributed by atoms with Crippen molar-refractivity contribution < 1.29 is 24.2 Å². The fraction of sp³-hybridized carbons (Fsp3) is 0.533. The Labute approximate surface area is 183 Å². The standard InChI is InChI=1S/C15H17N7O5S3/c1-21-14(18-19-20-21)30-6-7-5-29-13-15(27-2,17-10(23)8(4-16)28-3)12(26)22(13)9(7)11(24)25/h8,13H,5-6H2,1-3H3,(H,17,23)(H,24,25)/t8?,13-,15-/m0/s1. The molecule has 12 nitrogen and oxygen atoms in total. The Hall–Kier alpha value is -2.28. The Morgan fingerprint density at radius 2 is 2.30 bits per heavy atom. The normalized spacial score (nSPS) is 24.0. The fourth-order valence-electron chi connectivity index (χ4n) is 3.02. The molecule has 3 heterocycles. The van der Waals surface area contributed by atoms with E-state index in [1.807, 2.05) is 6.07 Å². The molecular formula is C15H17N7O5S3. The molecule has 160 valence electrons. The van der Waals surface area contributed by atoms with Crippen molar-refractivity contribution in [3.63, 3.8) is 0 Å². The molecule has 3 atom stereocenters. The number of carbonyl (C=O) groups is 3. The van der Waals surface area contributed by atoms with Gasteiger partial charge in [-0.2, -0.15) is 5.26 Å². The molecule has 2 aliphatic heterocycles. The molecule has 1 saturated heterocycles. The van der Waals surface area contributed by atoms with Gasteiger partial charge in [0.1, 0.15) is 11.1 Å². The van der Waals surface area contributed by atoms with E-state index in [9.17, 15) is 19.5 Å². The fourth-order valence-corrected chi connectivity index (χ4v) is 5.82. The number of carboxylic acid groups (broad SMARTS) is 1.